The van der Waals surface area contributed by atoms with E-state index in [0.29, 0.717) is 5.56 Å². The van der Waals surface area contributed by atoms with Crippen molar-refractivity contribution in [3.8, 4) is 84.3 Å². The van der Waals surface area contributed by atoms with Gasteiger partial charge in [0.25, 0.3) is 0 Å². The van der Waals surface area contributed by atoms with Gasteiger partial charge in [0, 0.05) is 22.9 Å². The van der Waals surface area contributed by atoms with Crippen molar-refractivity contribution >= 4 is 0 Å². The fourth-order valence-electron chi connectivity index (χ4n) is 9.45. The molecule has 0 saturated heterocycles. The van der Waals surface area contributed by atoms with E-state index >= 15 is 0 Å². The van der Waals surface area contributed by atoms with Crippen LogP contribution in [0.15, 0.2) is 237 Å². The van der Waals surface area contributed by atoms with Gasteiger partial charge in [-0.1, -0.05) is 170 Å². The molecule has 0 N–H and O–H groups in total. The van der Waals surface area contributed by atoms with Crippen molar-refractivity contribution in [1.29, 1.82) is 5.26 Å². The minimum atomic E-state index is -0.659. The van der Waals surface area contributed by atoms with Gasteiger partial charge in [0.1, 0.15) is 0 Å². The molecule has 1 aliphatic rings. The number of hydrogen-bond acceptors (Lipinski definition) is 3. The Balaban J connectivity index is 1.12. The summed E-state index contributed by atoms with van der Waals surface area (Å²) >= 11 is 0. The van der Waals surface area contributed by atoms with Crippen LogP contribution in [0.4, 0.5) is 0 Å². The van der Waals surface area contributed by atoms with E-state index in [-0.39, 0.29) is 0 Å². The van der Waals surface area contributed by atoms with Gasteiger partial charge in [0.2, 0.25) is 0 Å². The average molecular weight is 802 g/mol. The van der Waals surface area contributed by atoms with Gasteiger partial charge in [0.15, 0.2) is 0 Å². The van der Waals surface area contributed by atoms with Crippen LogP contribution in [-0.4, -0.2) is 9.97 Å². The largest absolute Gasteiger partial charge is 0.256 e. The summed E-state index contributed by atoms with van der Waals surface area (Å²) in [7, 11) is 0. The van der Waals surface area contributed by atoms with E-state index < -0.39 is 5.41 Å². The lowest BCUT2D eigenvalue weighted by Crippen LogP contribution is -2.28. The van der Waals surface area contributed by atoms with E-state index in [2.05, 4.69) is 206 Å². The van der Waals surface area contributed by atoms with E-state index in [9.17, 15) is 5.26 Å². The van der Waals surface area contributed by atoms with E-state index in [0.717, 1.165) is 83.8 Å². The van der Waals surface area contributed by atoms with Crippen LogP contribution in [0.25, 0.3) is 78.3 Å². The molecule has 63 heavy (non-hydrogen) atoms. The van der Waals surface area contributed by atoms with E-state index in [1.54, 1.807) is 0 Å². The average Bonchev–Trinajstić information content (AvgIpc) is 3.67. The number of pyridine rings is 2. The van der Waals surface area contributed by atoms with Crippen LogP contribution in [0.1, 0.15) is 27.8 Å². The van der Waals surface area contributed by atoms with E-state index in [1.807, 2.05) is 36.5 Å². The first-order valence-electron chi connectivity index (χ1n) is 21.3. The van der Waals surface area contributed by atoms with Crippen LogP contribution in [0.5, 0.6) is 0 Å². The van der Waals surface area contributed by atoms with Crippen LogP contribution in [-0.2, 0) is 5.41 Å². The maximum absolute atomic E-state index is 10.2. The molecule has 0 atom stereocenters. The highest BCUT2D eigenvalue weighted by atomic mass is 14.7. The molecular weight excluding hydrogens is 763 g/mol. The van der Waals surface area contributed by atoms with E-state index in [1.165, 1.54) is 16.7 Å². The predicted molar refractivity (Wildman–Crippen MR) is 257 cm³/mol. The third-order valence-corrected chi connectivity index (χ3v) is 12.4. The lowest BCUT2D eigenvalue weighted by molar-refractivity contribution is 0.768. The zero-order chi connectivity index (χ0) is 42.2. The molecule has 0 fully saturated rings. The highest BCUT2D eigenvalue weighted by molar-refractivity contribution is 5.90. The van der Waals surface area contributed by atoms with Crippen LogP contribution < -0.4 is 0 Å². The Hall–Kier alpha value is -8.45. The van der Waals surface area contributed by atoms with Crippen LogP contribution in [0.3, 0.4) is 0 Å². The second-order valence-electron chi connectivity index (χ2n) is 16.1. The summed E-state index contributed by atoms with van der Waals surface area (Å²) in [6.45, 7) is 0. The molecular formula is C60H39N3. The SMILES string of the molecule is N#Cc1ccc2c(c1)C(c1ccccc1)(c1ccccc1)c1cc(-c3cc(-c4ccccn4)cc(-c4cc(-c5ccc(-c6ccccc6)cc5)cc(-c5ccccc5)n4)c3)ccc1-2. The molecule has 2 heterocycles. The van der Waals surface area contributed by atoms with Crippen LogP contribution in [0.2, 0.25) is 0 Å². The van der Waals surface area contributed by atoms with Gasteiger partial charge in [-0.25, -0.2) is 4.98 Å². The molecule has 0 amide bonds. The Morgan fingerprint density at radius 2 is 0.794 bits per heavy atom. The van der Waals surface area contributed by atoms with Gasteiger partial charge < -0.3 is 0 Å². The van der Waals surface area contributed by atoms with Gasteiger partial charge >= 0.3 is 0 Å². The molecule has 10 aromatic rings. The maximum Gasteiger partial charge on any atom is 0.0991 e. The highest BCUT2D eigenvalue weighted by Crippen LogP contribution is 2.57. The van der Waals surface area contributed by atoms with Crippen molar-refractivity contribution in [2.24, 2.45) is 0 Å². The lowest BCUT2D eigenvalue weighted by Gasteiger charge is -2.34. The van der Waals surface area contributed by atoms with Gasteiger partial charge in [0.05, 0.1) is 34.1 Å². The maximum atomic E-state index is 10.2. The summed E-state index contributed by atoms with van der Waals surface area (Å²) in [5, 5.41) is 10.2. The Kier molecular flexibility index (Phi) is 9.45. The van der Waals surface area contributed by atoms with Crippen molar-refractivity contribution in [3.05, 3.63) is 265 Å². The smallest absolute Gasteiger partial charge is 0.0991 e. The number of rotatable bonds is 8. The Morgan fingerprint density at radius 3 is 1.40 bits per heavy atom. The predicted octanol–water partition coefficient (Wildman–Crippen LogP) is 14.7. The zero-order valence-corrected chi connectivity index (χ0v) is 34.4. The molecule has 0 unspecified atom stereocenters. The Bertz CT molecular complexity index is 3260. The highest BCUT2D eigenvalue weighted by Gasteiger charge is 2.46. The fourth-order valence-corrected chi connectivity index (χ4v) is 9.45. The molecule has 0 radical (unpaired) electrons. The Morgan fingerprint density at radius 1 is 0.333 bits per heavy atom. The molecule has 11 rings (SSSR count). The summed E-state index contributed by atoms with van der Waals surface area (Å²) in [4.78, 5) is 10.2. The van der Waals surface area contributed by atoms with Crippen LogP contribution >= 0.6 is 0 Å². The number of nitriles is 1. The number of hydrogen-bond donors (Lipinski definition) is 0. The van der Waals surface area contributed by atoms with Gasteiger partial charge in [-0.15, -0.1) is 0 Å². The summed E-state index contributed by atoms with van der Waals surface area (Å²) in [6.07, 6.45) is 1.85. The second kappa shape index (κ2) is 15.9. The zero-order valence-electron chi connectivity index (χ0n) is 34.4. The van der Waals surface area contributed by atoms with Gasteiger partial charge in [-0.05, 0) is 127 Å². The molecule has 0 aliphatic heterocycles. The first-order valence-corrected chi connectivity index (χ1v) is 21.3. The number of aromatic nitrogens is 2. The summed E-state index contributed by atoms with van der Waals surface area (Å²) in [5.41, 5.74) is 19.3. The topological polar surface area (TPSA) is 49.6 Å². The van der Waals surface area contributed by atoms with Gasteiger partial charge in [-0.3, -0.25) is 4.98 Å². The standard InChI is InChI=1S/C60H39N3/c61-40-41-24-30-53-54-31-29-46(37-56(54)60(55(53)33-41,51-19-9-3-10-20-51)52-21-11-4-12-22-52)47-34-49(57-23-13-14-32-62-57)36-50(35-47)59-39-48(38-58(63-59)45-17-7-2-8-18-45)44-27-25-43(26-28-44)42-15-5-1-6-16-42/h1-39H. The van der Waals surface area contributed by atoms with Crippen LogP contribution in [0, 0.1) is 11.3 Å². The van der Waals surface area contributed by atoms with Crippen molar-refractivity contribution in [2.45, 2.75) is 5.41 Å². The first kappa shape index (κ1) is 37.5. The van der Waals surface area contributed by atoms with Crippen molar-refractivity contribution in [1.82, 2.24) is 9.97 Å². The number of benzene rings is 8. The quantitative estimate of drug-likeness (QED) is 0.154. The molecule has 8 aromatic carbocycles. The fraction of sp³-hybridized carbons (Fsp3) is 0.0167. The van der Waals surface area contributed by atoms with E-state index in [4.69, 9.17) is 9.97 Å². The number of nitrogens with zero attached hydrogens (tertiary/aromatic N) is 3. The molecule has 1 aliphatic carbocycles. The Labute approximate surface area is 368 Å². The van der Waals surface area contributed by atoms with Crippen molar-refractivity contribution < 1.29 is 0 Å². The molecule has 0 saturated carbocycles. The molecule has 2 aromatic heterocycles. The third kappa shape index (κ3) is 6.72. The van der Waals surface area contributed by atoms with Crippen molar-refractivity contribution in [2.75, 3.05) is 0 Å². The normalized spacial score (nSPS) is 12.2. The second-order valence-corrected chi connectivity index (χ2v) is 16.1. The molecule has 3 nitrogen and oxygen atoms in total. The molecule has 0 spiro atoms. The molecule has 0 bridgehead atoms. The minimum Gasteiger partial charge on any atom is -0.256 e. The number of fused-ring (bicyclic) bond motifs is 3. The summed E-state index contributed by atoms with van der Waals surface area (Å²) in [5.74, 6) is 0. The minimum absolute atomic E-state index is 0.641. The molecule has 3 heteroatoms. The summed E-state index contributed by atoms with van der Waals surface area (Å²) in [6, 6.07) is 83.9. The lowest BCUT2D eigenvalue weighted by atomic mass is 9.67. The third-order valence-electron chi connectivity index (χ3n) is 12.4. The summed E-state index contributed by atoms with van der Waals surface area (Å²) < 4.78 is 0. The monoisotopic (exact) mass is 801 g/mol. The van der Waals surface area contributed by atoms with Gasteiger partial charge in [-0.2, -0.15) is 5.26 Å². The van der Waals surface area contributed by atoms with Crippen molar-refractivity contribution in [3.63, 3.8) is 0 Å². The molecule has 294 valence electrons. The first-order chi connectivity index (χ1) is 31.2.